The largest absolute Gasteiger partial charge is 0.496 e. The Labute approximate surface area is 165 Å². The number of rotatable bonds is 3. The molecule has 0 amide bonds. The van der Waals surface area contributed by atoms with Crippen molar-refractivity contribution < 1.29 is 18.8 Å². The number of hydrogen-bond acceptors (Lipinski definition) is 4. The van der Waals surface area contributed by atoms with Crippen LogP contribution in [0.25, 0.3) is 21.5 Å². The lowest BCUT2D eigenvalue weighted by molar-refractivity contribution is 0.00578. The Morgan fingerprint density at radius 3 is 1.86 bits per heavy atom. The van der Waals surface area contributed by atoms with E-state index in [0.29, 0.717) is 12.2 Å². The standard InChI is InChI=1S/C23H25BO4/c1-6-26-21(25)19-17-13-9-7-11-15(17)16-12-8-10-14-18(16)20(19)24-27-22(2,3)23(4,5)28-24/h7-14H,6H2,1-5H3. The number of carbonyl (C=O) groups excluding carboxylic acids is 1. The second-order valence-corrected chi connectivity index (χ2v) is 8.19. The normalized spacial score (nSPS) is 18.0. The van der Waals surface area contributed by atoms with Crippen molar-refractivity contribution in [3.63, 3.8) is 0 Å². The van der Waals surface area contributed by atoms with Gasteiger partial charge in [-0.2, -0.15) is 0 Å². The minimum Gasteiger partial charge on any atom is -0.462 e. The molecular formula is C23H25BO4. The summed E-state index contributed by atoms with van der Waals surface area (Å²) < 4.78 is 18.1. The average molecular weight is 376 g/mol. The predicted octanol–water partition coefficient (Wildman–Crippen LogP) is 4.47. The number of carbonyl (C=O) groups is 1. The van der Waals surface area contributed by atoms with Crippen LogP contribution in [0.2, 0.25) is 0 Å². The monoisotopic (exact) mass is 376 g/mol. The summed E-state index contributed by atoms with van der Waals surface area (Å²) in [6.45, 7) is 10.2. The molecule has 1 fully saturated rings. The average Bonchev–Trinajstić information content (AvgIpc) is 2.87. The van der Waals surface area contributed by atoms with E-state index in [9.17, 15) is 4.79 Å². The highest BCUT2D eigenvalue weighted by Crippen LogP contribution is 2.38. The molecule has 1 aliphatic heterocycles. The van der Waals surface area contributed by atoms with Crippen LogP contribution in [0.15, 0.2) is 48.5 Å². The third kappa shape index (κ3) is 2.81. The van der Waals surface area contributed by atoms with Crippen LogP contribution in [0.4, 0.5) is 0 Å². The first-order valence-corrected chi connectivity index (χ1v) is 9.73. The smallest absolute Gasteiger partial charge is 0.462 e. The van der Waals surface area contributed by atoms with Crippen LogP contribution in [0, 0.1) is 0 Å². The summed E-state index contributed by atoms with van der Waals surface area (Å²) in [5.74, 6) is -0.353. The van der Waals surface area contributed by atoms with Crippen LogP contribution < -0.4 is 5.46 Å². The number of hydrogen-bond donors (Lipinski definition) is 0. The van der Waals surface area contributed by atoms with Crippen molar-refractivity contribution in [3.8, 4) is 0 Å². The SMILES string of the molecule is CCOC(=O)c1c(B2OC(C)(C)C(C)(C)O2)c2ccccc2c2ccccc12. The minimum absolute atomic E-state index is 0.308. The van der Waals surface area contributed by atoms with E-state index in [-0.39, 0.29) is 5.97 Å². The molecule has 0 spiro atoms. The molecule has 1 aliphatic rings. The first-order valence-electron chi connectivity index (χ1n) is 9.73. The van der Waals surface area contributed by atoms with Gasteiger partial charge in [0.05, 0.1) is 23.4 Å². The maximum atomic E-state index is 13.1. The first-order chi connectivity index (χ1) is 13.3. The molecule has 0 radical (unpaired) electrons. The van der Waals surface area contributed by atoms with Crippen LogP contribution in [0.3, 0.4) is 0 Å². The molecule has 0 unspecified atom stereocenters. The second kappa shape index (κ2) is 6.61. The molecular weight excluding hydrogens is 351 g/mol. The van der Waals surface area contributed by atoms with Gasteiger partial charge >= 0.3 is 13.1 Å². The zero-order valence-corrected chi connectivity index (χ0v) is 17.0. The summed E-state index contributed by atoms with van der Waals surface area (Å²) in [7, 11) is -0.654. The number of esters is 1. The zero-order chi connectivity index (χ0) is 20.1. The molecule has 144 valence electrons. The van der Waals surface area contributed by atoms with Crippen molar-refractivity contribution in [1.29, 1.82) is 0 Å². The quantitative estimate of drug-likeness (QED) is 0.384. The topological polar surface area (TPSA) is 44.8 Å². The highest BCUT2D eigenvalue weighted by atomic mass is 16.7. The summed E-state index contributed by atoms with van der Waals surface area (Å²) in [5.41, 5.74) is 0.258. The van der Waals surface area contributed by atoms with Crippen molar-refractivity contribution in [3.05, 3.63) is 54.1 Å². The Balaban J connectivity index is 2.08. The Hall–Kier alpha value is -2.37. The molecule has 0 aliphatic carbocycles. The molecule has 4 rings (SSSR count). The number of ether oxygens (including phenoxy) is 1. The van der Waals surface area contributed by atoms with Crippen LogP contribution in [0.1, 0.15) is 45.0 Å². The molecule has 0 N–H and O–H groups in total. The van der Waals surface area contributed by atoms with Gasteiger partial charge in [-0.1, -0.05) is 48.5 Å². The van der Waals surface area contributed by atoms with E-state index in [1.165, 1.54) is 0 Å². The van der Waals surface area contributed by atoms with Crippen LogP contribution >= 0.6 is 0 Å². The lowest BCUT2D eigenvalue weighted by atomic mass is 9.71. The summed E-state index contributed by atoms with van der Waals surface area (Å²) in [5, 5.41) is 3.88. The van der Waals surface area contributed by atoms with Gasteiger partial charge in [-0.05, 0) is 56.2 Å². The van der Waals surface area contributed by atoms with Gasteiger partial charge in [0.25, 0.3) is 0 Å². The van der Waals surface area contributed by atoms with E-state index in [0.717, 1.165) is 27.0 Å². The molecule has 0 atom stereocenters. The molecule has 0 aromatic heterocycles. The van der Waals surface area contributed by atoms with Gasteiger partial charge in [-0.15, -0.1) is 0 Å². The van der Waals surface area contributed by atoms with Gasteiger partial charge in [-0.25, -0.2) is 4.79 Å². The first kappa shape index (κ1) is 19.0. The Morgan fingerprint density at radius 1 is 0.857 bits per heavy atom. The molecule has 1 saturated heterocycles. The molecule has 1 heterocycles. The maximum absolute atomic E-state index is 13.1. The molecule has 3 aromatic rings. The number of fused-ring (bicyclic) bond motifs is 3. The van der Waals surface area contributed by atoms with E-state index >= 15 is 0 Å². The van der Waals surface area contributed by atoms with Gasteiger partial charge < -0.3 is 14.0 Å². The molecule has 3 aromatic carbocycles. The summed E-state index contributed by atoms with van der Waals surface area (Å²) in [6.07, 6.45) is 0. The highest BCUT2D eigenvalue weighted by Gasteiger charge is 2.53. The predicted molar refractivity (Wildman–Crippen MR) is 113 cm³/mol. The van der Waals surface area contributed by atoms with Gasteiger partial charge in [-0.3, -0.25) is 0 Å². The van der Waals surface area contributed by atoms with Crippen molar-refractivity contribution in [2.24, 2.45) is 0 Å². The fourth-order valence-electron chi connectivity index (χ4n) is 3.80. The van der Waals surface area contributed by atoms with E-state index < -0.39 is 18.3 Å². The lowest BCUT2D eigenvalue weighted by Gasteiger charge is -2.32. The minimum atomic E-state index is -0.654. The van der Waals surface area contributed by atoms with E-state index in [4.69, 9.17) is 14.0 Å². The van der Waals surface area contributed by atoms with Crippen LogP contribution in [0.5, 0.6) is 0 Å². The highest BCUT2D eigenvalue weighted by molar-refractivity contribution is 6.67. The fourth-order valence-corrected chi connectivity index (χ4v) is 3.80. The van der Waals surface area contributed by atoms with E-state index in [1.807, 2.05) is 77.1 Å². The van der Waals surface area contributed by atoms with Gasteiger partial charge in [0.1, 0.15) is 0 Å². The maximum Gasteiger partial charge on any atom is 0.496 e. The van der Waals surface area contributed by atoms with Gasteiger partial charge in [0, 0.05) is 5.46 Å². The summed E-state index contributed by atoms with van der Waals surface area (Å²) in [4.78, 5) is 13.1. The van der Waals surface area contributed by atoms with Crippen molar-refractivity contribution in [2.75, 3.05) is 6.61 Å². The number of benzene rings is 3. The van der Waals surface area contributed by atoms with E-state index in [1.54, 1.807) is 0 Å². The van der Waals surface area contributed by atoms with Gasteiger partial charge in [0.2, 0.25) is 0 Å². The molecule has 28 heavy (non-hydrogen) atoms. The van der Waals surface area contributed by atoms with Crippen LogP contribution in [-0.4, -0.2) is 30.9 Å². The lowest BCUT2D eigenvalue weighted by Crippen LogP contribution is -2.41. The Kier molecular flexibility index (Phi) is 4.48. The molecule has 4 nitrogen and oxygen atoms in total. The summed E-state index contributed by atoms with van der Waals surface area (Å²) in [6, 6.07) is 16.0. The Morgan fingerprint density at radius 2 is 1.32 bits per heavy atom. The molecule has 0 bridgehead atoms. The molecule has 5 heteroatoms. The third-order valence-electron chi connectivity index (χ3n) is 5.94. The van der Waals surface area contributed by atoms with Crippen LogP contribution in [-0.2, 0) is 14.0 Å². The second-order valence-electron chi connectivity index (χ2n) is 8.19. The van der Waals surface area contributed by atoms with Crippen molar-refractivity contribution >= 4 is 40.1 Å². The Bertz CT molecular complexity index is 1050. The molecule has 0 saturated carbocycles. The zero-order valence-electron chi connectivity index (χ0n) is 17.0. The van der Waals surface area contributed by atoms with Gasteiger partial charge in [0.15, 0.2) is 0 Å². The van der Waals surface area contributed by atoms with Crippen molar-refractivity contribution in [1.82, 2.24) is 0 Å². The third-order valence-corrected chi connectivity index (χ3v) is 5.94. The van der Waals surface area contributed by atoms with Crippen molar-refractivity contribution in [2.45, 2.75) is 45.8 Å². The summed E-state index contributed by atoms with van der Waals surface area (Å²) >= 11 is 0. The van der Waals surface area contributed by atoms with E-state index in [2.05, 4.69) is 6.07 Å². The fraction of sp³-hybridized carbons (Fsp3) is 0.348.